The number of nitrogens with zero attached hydrogens (tertiary/aromatic N) is 1. The number of hydrogen-bond donors (Lipinski definition) is 1. The maximum Gasteiger partial charge on any atom is 0.137 e. The molecule has 2 unspecified atom stereocenters. The van der Waals surface area contributed by atoms with Crippen LogP contribution in [0.4, 0.5) is 0 Å². The minimum Gasteiger partial charge on any atom is -0.491 e. The van der Waals surface area contributed by atoms with E-state index in [0.717, 1.165) is 37.2 Å². The third-order valence-electron chi connectivity index (χ3n) is 4.97. The lowest BCUT2D eigenvalue weighted by Gasteiger charge is -2.35. The topological polar surface area (TPSA) is 24.5 Å². The maximum absolute atomic E-state index is 6.11. The summed E-state index contributed by atoms with van der Waals surface area (Å²) in [6.45, 7) is 9.87. The number of hydrogen-bond acceptors (Lipinski definition) is 3. The summed E-state index contributed by atoms with van der Waals surface area (Å²) in [5.74, 6) is 2.35. The predicted octanol–water partition coefficient (Wildman–Crippen LogP) is 2.65. The maximum atomic E-state index is 6.11. The van der Waals surface area contributed by atoms with Crippen LogP contribution >= 0.6 is 11.6 Å². The molecule has 2 heterocycles. The summed E-state index contributed by atoms with van der Waals surface area (Å²) >= 11 is 6.11. The van der Waals surface area contributed by atoms with Crippen LogP contribution in [0.3, 0.4) is 0 Å². The number of likely N-dealkylation sites (tertiary alicyclic amines) is 1. The third-order valence-corrected chi connectivity index (χ3v) is 5.28. The molecule has 20 heavy (non-hydrogen) atoms. The Morgan fingerprint density at radius 2 is 2.15 bits per heavy atom. The Bertz CT molecular complexity index is 477. The smallest absolute Gasteiger partial charge is 0.137 e. The van der Waals surface area contributed by atoms with Crippen molar-refractivity contribution in [1.29, 1.82) is 0 Å². The van der Waals surface area contributed by atoms with E-state index in [0.29, 0.717) is 11.6 Å². The molecule has 0 amide bonds. The van der Waals surface area contributed by atoms with Gasteiger partial charge in [-0.25, -0.2) is 0 Å². The average Bonchev–Trinajstić information content (AvgIpc) is 2.96. The second-order valence-electron chi connectivity index (χ2n) is 6.40. The summed E-state index contributed by atoms with van der Waals surface area (Å²) in [5.41, 5.74) is 0.262. The molecule has 3 rings (SSSR count). The van der Waals surface area contributed by atoms with Gasteiger partial charge < -0.3 is 10.1 Å². The molecule has 0 bridgehead atoms. The fourth-order valence-corrected chi connectivity index (χ4v) is 3.90. The van der Waals surface area contributed by atoms with E-state index in [1.54, 1.807) is 0 Å². The van der Waals surface area contributed by atoms with Gasteiger partial charge in [-0.1, -0.05) is 23.7 Å². The molecule has 110 valence electrons. The summed E-state index contributed by atoms with van der Waals surface area (Å²) in [6.07, 6.45) is 0. The highest BCUT2D eigenvalue weighted by Crippen LogP contribution is 2.40. The zero-order chi connectivity index (χ0) is 14.2. The van der Waals surface area contributed by atoms with E-state index in [1.807, 2.05) is 24.3 Å². The van der Waals surface area contributed by atoms with Crippen LogP contribution in [0.1, 0.15) is 13.8 Å². The Morgan fingerprint density at radius 3 is 2.90 bits per heavy atom. The van der Waals surface area contributed by atoms with E-state index in [9.17, 15) is 0 Å². The van der Waals surface area contributed by atoms with Crippen LogP contribution in [-0.2, 0) is 0 Å². The van der Waals surface area contributed by atoms with E-state index in [1.165, 1.54) is 6.54 Å². The molecular weight excluding hydrogens is 272 g/mol. The van der Waals surface area contributed by atoms with Gasteiger partial charge in [0.2, 0.25) is 0 Å². The summed E-state index contributed by atoms with van der Waals surface area (Å²) in [4.78, 5) is 2.57. The molecule has 1 N–H and O–H groups in total. The first-order valence-corrected chi connectivity index (χ1v) is 7.80. The molecule has 0 aromatic heterocycles. The summed E-state index contributed by atoms with van der Waals surface area (Å²) in [7, 11) is 0. The van der Waals surface area contributed by atoms with Crippen molar-refractivity contribution >= 4 is 11.6 Å². The van der Waals surface area contributed by atoms with Gasteiger partial charge in [-0.3, -0.25) is 4.90 Å². The lowest BCUT2D eigenvalue weighted by Crippen LogP contribution is -2.46. The highest BCUT2D eigenvalue weighted by Gasteiger charge is 2.49. The molecule has 2 fully saturated rings. The Balaban J connectivity index is 1.56. The normalized spacial score (nSPS) is 28.6. The zero-order valence-electron chi connectivity index (χ0n) is 12.2. The number of ether oxygens (including phenoxy) is 1. The largest absolute Gasteiger partial charge is 0.491 e. The quantitative estimate of drug-likeness (QED) is 0.924. The van der Waals surface area contributed by atoms with Crippen molar-refractivity contribution in [2.45, 2.75) is 19.4 Å². The fourth-order valence-electron chi connectivity index (χ4n) is 3.71. The van der Waals surface area contributed by atoms with E-state index in [2.05, 4.69) is 24.1 Å². The van der Waals surface area contributed by atoms with Crippen LogP contribution < -0.4 is 10.1 Å². The van der Waals surface area contributed by atoms with Crippen molar-refractivity contribution in [3.8, 4) is 5.75 Å². The zero-order valence-corrected chi connectivity index (χ0v) is 13.0. The van der Waals surface area contributed by atoms with Gasteiger partial charge in [-0.05, 0) is 44.4 Å². The molecule has 2 saturated heterocycles. The second kappa shape index (κ2) is 5.55. The van der Waals surface area contributed by atoms with Crippen molar-refractivity contribution in [3.05, 3.63) is 29.3 Å². The van der Waals surface area contributed by atoms with Gasteiger partial charge in [-0.2, -0.15) is 0 Å². The molecular formula is C16H23ClN2O. The van der Waals surface area contributed by atoms with Crippen molar-refractivity contribution in [3.63, 3.8) is 0 Å². The molecule has 4 heteroatoms. The highest BCUT2D eigenvalue weighted by atomic mass is 35.5. The van der Waals surface area contributed by atoms with Crippen molar-refractivity contribution in [2.75, 3.05) is 32.8 Å². The molecule has 0 saturated carbocycles. The van der Waals surface area contributed by atoms with Gasteiger partial charge >= 0.3 is 0 Å². The standard InChI is InChI=1S/C16H23ClN2O/c1-16(2)13-10-18-9-12(13)11-19(16)7-8-20-15-6-4-3-5-14(15)17/h3-6,12-13,18H,7-11H2,1-2H3. The molecule has 0 spiro atoms. The summed E-state index contributed by atoms with van der Waals surface area (Å²) in [5, 5.41) is 4.20. The number of halogens is 1. The first kappa shape index (κ1) is 14.2. The van der Waals surface area contributed by atoms with Gasteiger partial charge in [0.25, 0.3) is 0 Å². The van der Waals surface area contributed by atoms with Crippen LogP contribution in [0, 0.1) is 11.8 Å². The second-order valence-corrected chi connectivity index (χ2v) is 6.81. The number of nitrogens with one attached hydrogen (secondary N) is 1. The molecule has 2 aliphatic rings. The monoisotopic (exact) mass is 294 g/mol. The first-order valence-electron chi connectivity index (χ1n) is 7.42. The molecule has 1 aromatic carbocycles. The van der Waals surface area contributed by atoms with Crippen molar-refractivity contribution in [1.82, 2.24) is 10.2 Å². The Morgan fingerprint density at radius 1 is 1.35 bits per heavy atom. The highest BCUT2D eigenvalue weighted by molar-refractivity contribution is 6.32. The van der Waals surface area contributed by atoms with Gasteiger partial charge in [0, 0.05) is 25.2 Å². The molecule has 2 atom stereocenters. The minimum absolute atomic E-state index is 0.262. The Labute approximate surface area is 126 Å². The Kier molecular flexibility index (Phi) is 3.93. The minimum atomic E-state index is 0.262. The van der Waals surface area contributed by atoms with Crippen LogP contribution in [0.2, 0.25) is 5.02 Å². The molecule has 0 aliphatic carbocycles. The number of fused-ring (bicyclic) bond motifs is 1. The van der Waals surface area contributed by atoms with Crippen molar-refractivity contribution in [2.24, 2.45) is 11.8 Å². The van der Waals surface area contributed by atoms with Gasteiger partial charge in [0.1, 0.15) is 12.4 Å². The van der Waals surface area contributed by atoms with Crippen LogP contribution in [0.15, 0.2) is 24.3 Å². The summed E-state index contributed by atoms with van der Waals surface area (Å²) < 4.78 is 5.82. The number of para-hydroxylation sites is 1. The molecule has 3 nitrogen and oxygen atoms in total. The van der Waals surface area contributed by atoms with Gasteiger partial charge in [0.15, 0.2) is 0 Å². The lowest BCUT2D eigenvalue weighted by molar-refractivity contribution is 0.117. The van der Waals surface area contributed by atoms with E-state index in [4.69, 9.17) is 16.3 Å². The third kappa shape index (κ3) is 2.54. The predicted molar refractivity (Wildman–Crippen MR) is 82.4 cm³/mol. The van der Waals surface area contributed by atoms with E-state index in [-0.39, 0.29) is 5.54 Å². The first-order chi connectivity index (χ1) is 9.59. The molecule has 0 radical (unpaired) electrons. The van der Waals surface area contributed by atoms with Crippen LogP contribution in [0.5, 0.6) is 5.75 Å². The van der Waals surface area contributed by atoms with Gasteiger partial charge in [0.05, 0.1) is 5.02 Å². The summed E-state index contributed by atoms with van der Waals surface area (Å²) in [6, 6.07) is 7.67. The fraction of sp³-hybridized carbons (Fsp3) is 0.625. The SMILES string of the molecule is CC1(C)C2CNCC2CN1CCOc1ccccc1Cl. The van der Waals surface area contributed by atoms with Crippen LogP contribution in [-0.4, -0.2) is 43.2 Å². The average molecular weight is 295 g/mol. The number of rotatable bonds is 4. The Hall–Kier alpha value is -0.770. The molecule has 1 aromatic rings. The lowest BCUT2D eigenvalue weighted by atomic mass is 9.85. The van der Waals surface area contributed by atoms with E-state index < -0.39 is 0 Å². The van der Waals surface area contributed by atoms with Crippen molar-refractivity contribution < 1.29 is 4.74 Å². The molecule has 2 aliphatic heterocycles. The van der Waals surface area contributed by atoms with Crippen LogP contribution in [0.25, 0.3) is 0 Å². The van der Waals surface area contributed by atoms with E-state index >= 15 is 0 Å². The number of benzene rings is 1. The van der Waals surface area contributed by atoms with Gasteiger partial charge in [-0.15, -0.1) is 0 Å².